The Morgan fingerprint density at radius 1 is 1.04 bits per heavy atom. The largest absolute Gasteiger partial charge is 0.497 e. The Balaban J connectivity index is 1.56. The van der Waals surface area contributed by atoms with Gasteiger partial charge < -0.3 is 9.64 Å². The molecule has 0 N–H and O–H groups in total. The quantitative estimate of drug-likeness (QED) is 0.862. The van der Waals surface area contributed by atoms with Gasteiger partial charge in [0.05, 0.1) is 13.2 Å². The highest BCUT2D eigenvalue weighted by atomic mass is 16.5. The van der Waals surface area contributed by atoms with Gasteiger partial charge in [0.15, 0.2) is 0 Å². The van der Waals surface area contributed by atoms with Crippen molar-refractivity contribution in [1.82, 2.24) is 14.9 Å². The van der Waals surface area contributed by atoms with E-state index < -0.39 is 0 Å². The van der Waals surface area contributed by atoms with Crippen LogP contribution in [0.3, 0.4) is 0 Å². The minimum absolute atomic E-state index is 0.479. The van der Waals surface area contributed by atoms with Crippen molar-refractivity contribution in [2.24, 2.45) is 5.92 Å². The predicted octanol–water partition coefficient (Wildman–Crippen LogP) is 2.55. The van der Waals surface area contributed by atoms with Gasteiger partial charge in [0.2, 0.25) is 5.95 Å². The molecule has 4 aliphatic heterocycles. The number of hydrogen-bond donors (Lipinski definition) is 0. The van der Waals surface area contributed by atoms with Crippen molar-refractivity contribution in [3.05, 3.63) is 48.3 Å². The van der Waals surface area contributed by atoms with Crippen molar-refractivity contribution in [1.29, 1.82) is 0 Å². The van der Waals surface area contributed by atoms with E-state index in [4.69, 9.17) is 4.74 Å². The summed E-state index contributed by atoms with van der Waals surface area (Å²) in [4.78, 5) is 14.3. The average molecular weight is 336 g/mol. The number of benzene rings is 1. The molecule has 0 amide bonds. The van der Waals surface area contributed by atoms with Crippen LogP contribution in [0.15, 0.2) is 42.7 Å². The third kappa shape index (κ3) is 2.41. The van der Waals surface area contributed by atoms with Gasteiger partial charge in [-0.2, -0.15) is 0 Å². The summed E-state index contributed by atoms with van der Waals surface area (Å²) in [5.74, 6) is 3.07. The van der Waals surface area contributed by atoms with Gasteiger partial charge in [0.1, 0.15) is 5.75 Å². The molecule has 4 aliphatic rings. The van der Waals surface area contributed by atoms with E-state index in [1.54, 1.807) is 7.11 Å². The first-order chi connectivity index (χ1) is 12.3. The van der Waals surface area contributed by atoms with Crippen LogP contribution in [0.25, 0.3) is 0 Å². The van der Waals surface area contributed by atoms with Crippen LogP contribution >= 0.6 is 0 Å². The Labute approximate surface area is 148 Å². The third-order valence-corrected chi connectivity index (χ3v) is 6.33. The van der Waals surface area contributed by atoms with Crippen LogP contribution in [0.5, 0.6) is 5.75 Å². The van der Waals surface area contributed by atoms with Crippen molar-refractivity contribution >= 4 is 5.95 Å². The number of aromatic nitrogens is 2. The number of hydrogen-bond acceptors (Lipinski definition) is 5. The molecule has 3 atom stereocenters. The molecule has 0 radical (unpaired) electrons. The van der Waals surface area contributed by atoms with Gasteiger partial charge in [-0.15, -0.1) is 0 Å². The molecule has 4 fully saturated rings. The highest BCUT2D eigenvalue weighted by Gasteiger charge is 2.54. The molecular weight excluding hydrogens is 312 g/mol. The first kappa shape index (κ1) is 15.1. The van der Waals surface area contributed by atoms with Crippen LogP contribution in [0.4, 0.5) is 5.95 Å². The van der Waals surface area contributed by atoms with E-state index >= 15 is 0 Å². The predicted molar refractivity (Wildman–Crippen MR) is 97.0 cm³/mol. The average Bonchev–Trinajstić information content (AvgIpc) is 3.12. The second-order valence-corrected chi connectivity index (χ2v) is 7.44. The van der Waals surface area contributed by atoms with E-state index in [1.807, 2.05) is 24.5 Å². The van der Waals surface area contributed by atoms with Crippen molar-refractivity contribution < 1.29 is 4.74 Å². The van der Waals surface area contributed by atoms with E-state index in [2.05, 4.69) is 38.0 Å². The van der Waals surface area contributed by atoms with Crippen molar-refractivity contribution in [3.8, 4) is 5.75 Å². The maximum atomic E-state index is 5.47. The molecule has 1 aromatic carbocycles. The molecule has 1 aromatic heterocycles. The van der Waals surface area contributed by atoms with Crippen LogP contribution in [0, 0.1) is 5.92 Å². The maximum Gasteiger partial charge on any atom is 0.225 e. The zero-order valence-electron chi connectivity index (χ0n) is 14.6. The maximum absolute atomic E-state index is 5.47. The fourth-order valence-electron chi connectivity index (χ4n) is 5.26. The smallest absolute Gasteiger partial charge is 0.225 e. The molecule has 5 heterocycles. The number of anilines is 1. The van der Waals surface area contributed by atoms with E-state index in [0.29, 0.717) is 18.0 Å². The number of methoxy groups -OCH3 is 1. The molecular formula is C20H24N4O. The molecule has 0 unspecified atom stereocenters. The monoisotopic (exact) mass is 336 g/mol. The van der Waals surface area contributed by atoms with E-state index in [0.717, 1.165) is 24.2 Å². The van der Waals surface area contributed by atoms with E-state index in [9.17, 15) is 0 Å². The molecule has 0 aliphatic carbocycles. The second kappa shape index (κ2) is 5.99. The number of nitrogens with zero attached hydrogens (tertiary/aromatic N) is 4. The summed E-state index contributed by atoms with van der Waals surface area (Å²) < 4.78 is 5.47. The first-order valence-corrected chi connectivity index (χ1v) is 9.27. The summed E-state index contributed by atoms with van der Waals surface area (Å²) in [6.45, 7) is 3.45. The van der Waals surface area contributed by atoms with Gasteiger partial charge in [0, 0.05) is 30.9 Å². The minimum Gasteiger partial charge on any atom is -0.497 e. The summed E-state index contributed by atoms with van der Waals surface area (Å²) in [6, 6.07) is 11.6. The zero-order chi connectivity index (χ0) is 16.8. The summed E-state index contributed by atoms with van der Waals surface area (Å²) >= 11 is 0. The number of fused-ring (bicyclic) bond motifs is 2. The van der Waals surface area contributed by atoms with E-state index in [-0.39, 0.29) is 0 Å². The summed E-state index contributed by atoms with van der Waals surface area (Å²) in [5, 5.41) is 0. The van der Waals surface area contributed by atoms with E-state index in [1.165, 1.54) is 31.5 Å². The minimum atomic E-state index is 0.479. The van der Waals surface area contributed by atoms with Crippen LogP contribution in [0.2, 0.25) is 0 Å². The lowest BCUT2D eigenvalue weighted by molar-refractivity contribution is 0.0353. The summed E-state index contributed by atoms with van der Waals surface area (Å²) in [7, 11) is 1.74. The zero-order valence-corrected chi connectivity index (χ0v) is 14.6. The fourth-order valence-corrected chi connectivity index (χ4v) is 5.26. The fraction of sp³-hybridized carbons (Fsp3) is 0.500. The van der Waals surface area contributed by atoms with Gasteiger partial charge in [-0.3, -0.25) is 4.90 Å². The molecule has 130 valence electrons. The Kier molecular flexibility index (Phi) is 3.63. The van der Waals surface area contributed by atoms with Crippen LogP contribution < -0.4 is 9.64 Å². The van der Waals surface area contributed by atoms with Crippen LogP contribution in [-0.4, -0.2) is 53.7 Å². The van der Waals surface area contributed by atoms with Gasteiger partial charge in [-0.1, -0.05) is 12.1 Å². The Hall–Kier alpha value is -2.14. The molecule has 4 saturated heterocycles. The molecule has 5 nitrogen and oxygen atoms in total. The van der Waals surface area contributed by atoms with Crippen molar-refractivity contribution in [2.75, 3.05) is 31.6 Å². The lowest BCUT2D eigenvalue weighted by Crippen LogP contribution is -2.60. The SMILES string of the molecule is COc1cccc([C@@H]2CN(c3ncccn3)[C@H]3C4CCN(CC4)[C@@H]23)c1. The molecule has 5 heteroatoms. The van der Waals surface area contributed by atoms with Crippen molar-refractivity contribution in [2.45, 2.75) is 30.8 Å². The Bertz CT molecular complexity index is 744. The molecule has 2 bridgehead atoms. The third-order valence-electron chi connectivity index (χ3n) is 6.33. The van der Waals surface area contributed by atoms with Gasteiger partial charge in [0.25, 0.3) is 0 Å². The van der Waals surface area contributed by atoms with Gasteiger partial charge in [-0.25, -0.2) is 9.97 Å². The number of rotatable bonds is 3. The number of ether oxygens (including phenoxy) is 1. The van der Waals surface area contributed by atoms with Crippen LogP contribution in [-0.2, 0) is 0 Å². The first-order valence-electron chi connectivity index (χ1n) is 9.27. The molecule has 25 heavy (non-hydrogen) atoms. The summed E-state index contributed by atoms with van der Waals surface area (Å²) in [6.07, 6.45) is 6.32. The Morgan fingerprint density at radius 2 is 1.84 bits per heavy atom. The highest BCUT2D eigenvalue weighted by molar-refractivity contribution is 5.43. The number of piperidine rings is 3. The lowest BCUT2D eigenvalue weighted by Gasteiger charge is -2.51. The molecule has 2 aromatic rings. The summed E-state index contributed by atoms with van der Waals surface area (Å²) in [5.41, 5.74) is 1.38. The molecule has 0 saturated carbocycles. The topological polar surface area (TPSA) is 41.5 Å². The van der Waals surface area contributed by atoms with Gasteiger partial charge in [-0.05, 0) is 55.6 Å². The second-order valence-electron chi connectivity index (χ2n) is 7.44. The standard InChI is InChI=1S/C20H24N4O/c1-25-16-5-2-4-15(12-16)17-13-24(20-21-8-3-9-22-20)18-14-6-10-23(11-7-14)19(17)18/h2-5,8-9,12,14,17-19H,6-7,10-11,13H2,1H3/t17-,18-,19-/m0/s1. The Morgan fingerprint density at radius 3 is 2.60 bits per heavy atom. The lowest BCUT2D eigenvalue weighted by atomic mass is 9.75. The molecule has 0 spiro atoms. The highest BCUT2D eigenvalue weighted by Crippen LogP contribution is 2.47. The van der Waals surface area contributed by atoms with Crippen molar-refractivity contribution in [3.63, 3.8) is 0 Å². The van der Waals surface area contributed by atoms with Gasteiger partial charge >= 0.3 is 0 Å². The normalized spacial score (nSPS) is 33.3. The van der Waals surface area contributed by atoms with Crippen LogP contribution in [0.1, 0.15) is 24.3 Å². The molecule has 6 rings (SSSR count).